The molecule has 0 bridgehead atoms. The first kappa shape index (κ1) is 14.9. The molecule has 1 aliphatic rings. The molecule has 0 radical (unpaired) electrons. The van der Waals surface area contributed by atoms with E-state index in [2.05, 4.69) is 17.0 Å². The van der Waals surface area contributed by atoms with Crippen LogP contribution in [-0.4, -0.2) is 23.8 Å². The van der Waals surface area contributed by atoms with Gasteiger partial charge in [-0.15, -0.1) is 0 Å². The predicted molar refractivity (Wildman–Crippen MR) is 76.6 cm³/mol. The van der Waals surface area contributed by atoms with Crippen molar-refractivity contribution in [3.05, 3.63) is 35.9 Å². The summed E-state index contributed by atoms with van der Waals surface area (Å²) in [6.07, 6.45) is 3.74. The second-order valence-corrected chi connectivity index (χ2v) is 4.52. The Morgan fingerprint density at radius 2 is 1.61 bits per heavy atom. The highest BCUT2D eigenvalue weighted by Gasteiger charge is 2.25. The Morgan fingerprint density at radius 3 is 2.11 bits per heavy atom. The molecule has 2 nitrogen and oxygen atoms in total. The van der Waals surface area contributed by atoms with Crippen LogP contribution in [0.4, 0.5) is 0 Å². The molecule has 1 heterocycles. The first-order valence-corrected chi connectivity index (χ1v) is 7.08. The molecule has 2 heteroatoms. The van der Waals surface area contributed by atoms with E-state index in [0.717, 1.165) is 18.7 Å². The number of ketones is 1. The SMILES string of the molecule is CC.CC(=O)C(c1ccccc1)N1CCCCC1. The van der Waals surface area contributed by atoms with Gasteiger partial charge in [-0.05, 0) is 38.4 Å². The molecule has 2 rings (SSSR count). The Kier molecular flexibility index (Phi) is 6.66. The Morgan fingerprint density at radius 1 is 1.06 bits per heavy atom. The minimum atomic E-state index is -0.0264. The topological polar surface area (TPSA) is 20.3 Å². The van der Waals surface area contributed by atoms with E-state index in [0.29, 0.717) is 0 Å². The van der Waals surface area contributed by atoms with E-state index in [9.17, 15) is 4.79 Å². The molecule has 100 valence electrons. The van der Waals surface area contributed by atoms with Crippen molar-refractivity contribution in [2.75, 3.05) is 13.1 Å². The fraction of sp³-hybridized carbons (Fsp3) is 0.562. The molecular weight excluding hydrogens is 222 g/mol. The predicted octanol–water partition coefficient (Wildman–Crippen LogP) is 3.83. The molecule has 1 fully saturated rings. The Labute approximate surface area is 111 Å². The molecule has 1 aromatic rings. The van der Waals surface area contributed by atoms with Crippen LogP contribution in [0.1, 0.15) is 51.6 Å². The molecule has 0 aromatic heterocycles. The van der Waals surface area contributed by atoms with Gasteiger partial charge in [-0.3, -0.25) is 9.69 Å². The van der Waals surface area contributed by atoms with Gasteiger partial charge in [-0.2, -0.15) is 0 Å². The van der Waals surface area contributed by atoms with Crippen LogP contribution in [0.25, 0.3) is 0 Å². The summed E-state index contributed by atoms with van der Waals surface area (Å²) in [4.78, 5) is 14.1. The molecule has 0 aliphatic carbocycles. The molecule has 1 aromatic carbocycles. The molecule has 1 saturated heterocycles. The number of hydrogen-bond donors (Lipinski definition) is 0. The standard InChI is InChI=1S/C14H19NO.C2H6/c1-12(16)14(13-8-4-2-5-9-13)15-10-6-3-7-11-15;1-2/h2,4-5,8-9,14H,3,6-7,10-11H2,1H3;1-2H3. The van der Waals surface area contributed by atoms with E-state index < -0.39 is 0 Å². The molecule has 0 amide bonds. The van der Waals surface area contributed by atoms with Gasteiger partial charge in [0.05, 0.1) is 6.04 Å². The first-order valence-electron chi connectivity index (χ1n) is 7.08. The highest BCUT2D eigenvalue weighted by atomic mass is 16.1. The second kappa shape index (κ2) is 8.04. The number of Topliss-reactive ketones (excluding diaryl/α,β-unsaturated/α-hetero) is 1. The van der Waals surface area contributed by atoms with Crippen LogP contribution >= 0.6 is 0 Å². The zero-order chi connectivity index (χ0) is 13.4. The van der Waals surface area contributed by atoms with Crippen molar-refractivity contribution >= 4 is 5.78 Å². The van der Waals surface area contributed by atoms with Gasteiger partial charge in [0.15, 0.2) is 5.78 Å². The maximum Gasteiger partial charge on any atom is 0.151 e. The quantitative estimate of drug-likeness (QED) is 0.809. The number of rotatable bonds is 3. The fourth-order valence-corrected chi connectivity index (χ4v) is 2.51. The molecule has 0 spiro atoms. The number of benzene rings is 1. The summed E-state index contributed by atoms with van der Waals surface area (Å²) in [5.41, 5.74) is 1.14. The summed E-state index contributed by atoms with van der Waals surface area (Å²) in [5, 5.41) is 0. The summed E-state index contributed by atoms with van der Waals surface area (Å²) in [6, 6.07) is 10.1. The van der Waals surface area contributed by atoms with E-state index in [1.54, 1.807) is 6.92 Å². The third kappa shape index (κ3) is 3.95. The Bertz CT molecular complexity index is 341. The lowest BCUT2D eigenvalue weighted by Gasteiger charge is -2.33. The van der Waals surface area contributed by atoms with Gasteiger partial charge >= 0.3 is 0 Å². The van der Waals surface area contributed by atoms with Crippen LogP contribution < -0.4 is 0 Å². The van der Waals surface area contributed by atoms with Crippen molar-refractivity contribution in [2.24, 2.45) is 0 Å². The highest BCUT2D eigenvalue weighted by Crippen LogP contribution is 2.25. The molecule has 18 heavy (non-hydrogen) atoms. The molecule has 0 saturated carbocycles. The maximum absolute atomic E-state index is 11.8. The van der Waals surface area contributed by atoms with Crippen LogP contribution in [-0.2, 0) is 4.79 Å². The first-order chi connectivity index (χ1) is 8.79. The number of hydrogen-bond acceptors (Lipinski definition) is 2. The molecule has 1 atom stereocenters. The summed E-state index contributed by atoms with van der Waals surface area (Å²) < 4.78 is 0. The summed E-state index contributed by atoms with van der Waals surface area (Å²) in [6.45, 7) is 7.81. The minimum Gasteiger partial charge on any atom is -0.298 e. The zero-order valence-corrected chi connectivity index (χ0v) is 11.9. The number of carbonyl (C=O) groups excluding carboxylic acids is 1. The zero-order valence-electron chi connectivity index (χ0n) is 11.9. The van der Waals surface area contributed by atoms with Crippen LogP contribution in [0.3, 0.4) is 0 Å². The van der Waals surface area contributed by atoms with Gasteiger partial charge in [0.2, 0.25) is 0 Å². The number of piperidine rings is 1. The lowest BCUT2D eigenvalue weighted by molar-refractivity contribution is -0.122. The molecule has 0 N–H and O–H groups in total. The second-order valence-electron chi connectivity index (χ2n) is 4.52. The third-order valence-corrected chi connectivity index (χ3v) is 3.26. The van der Waals surface area contributed by atoms with Crippen molar-refractivity contribution in [3.8, 4) is 0 Å². The fourth-order valence-electron chi connectivity index (χ4n) is 2.51. The van der Waals surface area contributed by atoms with E-state index >= 15 is 0 Å². The molecular formula is C16H25NO. The van der Waals surface area contributed by atoms with Crippen molar-refractivity contribution in [2.45, 2.75) is 46.1 Å². The van der Waals surface area contributed by atoms with Gasteiger partial charge in [0.25, 0.3) is 0 Å². The lowest BCUT2D eigenvalue weighted by atomic mass is 9.99. The average Bonchev–Trinajstić information content (AvgIpc) is 2.43. The largest absolute Gasteiger partial charge is 0.298 e. The summed E-state index contributed by atoms with van der Waals surface area (Å²) in [5.74, 6) is 0.258. The summed E-state index contributed by atoms with van der Waals surface area (Å²) >= 11 is 0. The van der Waals surface area contributed by atoms with Crippen LogP contribution in [0.15, 0.2) is 30.3 Å². The maximum atomic E-state index is 11.8. The van der Waals surface area contributed by atoms with Gasteiger partial charge < -0.3 is 0 Å². The number of nitrogens with zero attached hydrogens (tertiary/aromatic N) is 1. The van der Waals surface area contributed by atoms with Crippen molar-refractivity contribution < 1.29 is 4.79 Å². The van der Waals surface area contributed by atoms with Gasteiger partial charge in [-0.25, -0.2) is 0 Å². The smallest absolute Gasteiger partial charge is 0.151 e. The monoisotopic (exact) mass is 247 g/mol. The van der Waals surface area contributed by atoms with Crippen molar-refractivity contribution in [1.82, 2.24) is 4.90 Å². The Hall–Kier alpha value is -1.15. The summed E-state index contributed by atoms with van der Waals surface area (Å²) in [7, 11) is 0. The normalized spacial score (nSPS) is 17.5. The van der Waals surface area contributed by atoms with E-state index in [1.807, 2.05) is 32.0 Å². The minimum absolute atomic E-state index is 0.0264. The highest BCUT2D eigenvalue weighted by molar-refractivity contribution is 5.82. The molecule has 1 unspecified atom stereocenters. The van der Waals surface area contributed by atoms with E-state index in [-0.39, 0.29) is 11.8 Å². The van der Waals surface area contributed by atoms with Crippen LogP contribution in [0.5, 0.6) is 0 Å². The van der Waals surface area contributed by atoms with E-state index in [4.69, 9.17) is 0 Å². The van der Waals surface area contributed by atoms with Crippen LogP contribution in [0, 0.1) is 0 Å². The molecule has 1 aliphatic heterocycles. The lowest BCUT2D eigenvalue weighted by Crippen LogP contribution is -2.37. The van der Waals surface area contributed by atoms with Gasteiger partial charge in [-0.1, -0.05) is 50.6 Å². The number of likely N-dealkylation sites (tertiary alicyclic amines) is 1. The van der Waals surface area contributed by atoms with Crippen molar-refractivity contribution in [3.63, 3.8) is 0 Å². The van der Waals surface area contributed by atoms with Crippen molar-refractivity contribution in [1.29, 1.82) is 0 Å². The van der Waals surface area contributed by atoms with Gasteiger partial charge in [0.1, 0.15) is 0 Å². The average molecular weight is 247 g/mol. The Balaban J connectivity index is 0.000000771. The van der Waals surface area contributed by atoms with Gasteiger partial charge in [0, 0.05) is 0 Å². The number of carbonyl (C=O) groups is 1. The van der Waals surface area contributed by atoms with Crippen LogP contribution in [0.2, 0.25) is 0 Å². The third-order valence-electron chi connectivity index (χ3n) is 3.26. The van der Waals surface area contributed by atoms with E-state index in [1.165, 1.54) is 19.3 Å².